The quantitative estimate of drug-likeness (QED) is 0.809. The first kappa shape index (κ1) is 17.5. The van der Waals surface area contributed by atoms with Crippen LogP contribution in [0.5, 0.6) is 0 Å². The van der Waals surface area contributed by atoms with Gasteiger partial charge in [0.2, 0.25) is 0 Å². The van der Waals surface area contributed by atoms with Crippen LogP contribution in [-0.4, -0.2) is 18.9 Å². The lowest BCUT2D eigenvalue weighted by atomic mass is 9.78. The summed E-state index contributed by atoms with van der Waals surface area (Å²) >= 11 is 3.41. The van der Waals surface area contributed by atoms with Gasteiger partial charge in [0.1, 0.15) is 0 Å². The number of carbonyl (C=O) groups is 2. The van der Waals surface area contributed by atoms with Gasteiger partial charge >= 0.3 is 5.97 Å². The summed E-state index contributed by atoms with van der Waals surface area (Å²) in [6.07, 6.45) is 0.384. The van der Waals surface area contributed by atoms with Gasteiger partial charge in [-0.3, -0.25) is 4.79 Å². The van der Waals surface area contributed by atoms with Crippen molar-refractivity contribution in [2.45, 2.75) is 33.1 Å². The minimum Gasteiger partial charge on any atom is -0.466 e. The highest BCUT2D eigenvalue weighted by Crippen LogP contribution is 2.39. The largest absolute Gasteiger partial charge is 0.466 e. The predicted molar refractivity (Wildman–Crippen MR) is 92.7 cm³/mol. The molecule has 5 heteroatoms. The van der Waals surface area contributed by atoms with Crippen LogP contribution in [0, 0.1) is 0 Å². The molecule has 122 valence electrons. The summed E-state index contributed by atoms with van der Waals surface area (Å²) in [7, 11) is 1.35. The van der Waals surface area contributed by atoms with E-state index in [0.29, 0.717) is 17.6 Å². The number of ether oxygens (including phenoxy) is 1. The van der Waals surface area contributed by atoms with Crippen LogP contribution >= 0.6 is 15.9 Å². The van der Waals surface area contributed by atoms with E-state index in [2.05, 4.69) is 21.2 Å². The number of benzene rings is 1. The monoisotopic (exact) mass is 377 g/mol. The third-order valence-corrected chi connectivity index (χ3v) is 4.52. The summed E-state index contributed by atoms with van der Waals surface area (Å²) in [5.41, 5.74) is 3.51. The van der Waals surface area contributed by atoms with Gasteiger partial charge in [-0.2, -0.15) is 0 Å². The fraction of sp³-hybridized carbons (Fsp3) is 0.333. The van der Waals surface area contributed by atoms with Crippen molar-refractivity contribution in [2.75, 3.05) is 7.11 Å². The molecule has 0 radical (unpaired) electrons. The highest BCUT2D eigenvalue weighted by Gasteiger charge is 2.36. The van der Waals surface area contributed by atoms with Crippen molar-refractivity contribution in [2.24, 2.45) is 0 Å². The standard InChI is InChI=1S/C18H20BrNO3/c1-5-14(21)15-10(2)20-11(3)16(18(22)23-4)17(15)12-6-8-13(19)9-7-12/h6-9,17,20H,5H2,1-4H3. The van der Waals surface area contributed by atoms with Crippen LogP contribution in [0.1, 0.15) is 38.7 Å². The minimum atomic E-state index is -0.420. The second-order valence-electron chi connectivity index (χ2n) is 5.46. The Morgan fingerprint density at radius 2 is 1.70 bits per heavy atom. The Balaban J connectivity index is 2.66. The summed E-state index contributed by atoms with van der Waals surface area (Å²) in [4.78, 5) is 24.8. The average Bonchev–Trinajstić information content (AvgIpc) is 2.53. The zero-order chi connectivity index (χ0) is 17.1. The Morgan fingerprint density at radius 1 is 1.13 bits per heavy atom. The number of ketones is 1. The van der Waals surface area contributed by atoms with E-state index in [4.69, 9.17) is 4.74 Å². The second-order valence-corrected chi connectivity index (χ2v) is 6.37. The number of dihydropyridines is 1. The molecule has 0 spiro atoms. The number of hydrogen-bond acceptors (Lipinski definition) is 4. The number of Topliss-reactive ketones (excluding diaryl/α,β-unsaturated/α-hetero) is 1. The molecule has 1 atom stereocenters. The molecule has 23 heavy (non-hydrogen) atoms. The molecule has 4 nitrogen and oxygen atoms in total. The number of rotatable bonds is 4. The zero-order valence-electron chi connectivity index (χ0n) is 13.7. The summed E-state index contributed by atoms with van der Waals surface area (Å²) in [6, 6.07) is 7.66. The normalized spacial score (nSPS) is 17.9. The lowest BCUT2D eigenvalue weighted by Gasteiger charge is -2.30. The van der Waals surface area contributed by atoms with Crippen LogP contribution in [-0.2, 0) is 14.3 Å². The first-order valence-electron chi connectivity index (χ1n) is 7.46. The Labute approximate surface area is 144 Å². The SMILES string of the molecule is CCC(=O)C1=C(C)NC(C)=C(C(=O)OC)C1c1ccc(Br)cc1. The number of nitrogens with one attached hydrogen (secondary N) is 1. The molecule has 1 aliphatic heterocycles. The molecule has 0 amide bonds. The van der Waals surface area contributed by atoms with Crippen LogP contribution < -0.4 is 5.32 Å². The van der Waals surface area contributed by atoms with Gasteiger partial charge in [-0.25, -0.2) is 4.79 Å². The van der Waals surface area contributed by atoms with Crippen molar-refractivity contribution in [1.82, 2.24) is 5.32 Å². The van der Waals surface area contributed by atoms with E-state index >= 15 is 0 Å². The van der Waals surface area contributed by atoms with Gasteiger partial charge < -0.3 is 10.1 Å². The van der Waals surface area contributed by atoms with Crippen molar-refractivity contribution in [1.29, 1.82) is 0 Å². The third-order valence-electron chi connectivity index (χ3n) is 3.99. The fourth-order valence-corrected chi connectivity index (χ4v) is 3.19. The Kier molecular flexibility index (Phi) is 5.42. The van der Waals surface area contributed by atoms with Gasteiger partial charge in [-0.15, -0.1) is 0 Å². The molecule has 1 aliphatic rings. The minimum absolute atomic E-state index is 0.0248. The molecule has 0 aliphatic carbocycles. The highest BCUT2D eigenvalue weighted by molar-refractivity contribution is 9.10. The zero-order valence-corrected chi connectivity index (χ0v) is 15.3. The van der Waals surface area contributed by atoms with Crippen LogP contribution in [0.2, 0.25) is 0 Å². The molecule has 1 N–H and O–H groups in total. The van der Waals surface area contributed by atoms with Crippen molar-refractivity contribution in [3.8, 4) is 0 Å². The average molecular weight is 378 g/mol. The molecule has 1 aromatic rings. The number of carbonyl (C=O) groups excluding carboxylic acids is 2. The van der Waals surface area contributed by atoms with Crippen LogP contribution in [0.25, 0.3) is 0 Å². The summed E-state index contributed by atoms with van der Waals surface area (Å²) < 4.78 is 5.90. The van der Waals surface area contributed by atoms with E-state index in [1.165, 1.54) is 7.11 Å². The number of esters is 1. The van der Waals surface area contributed by atoms with Crippen LogP contribution in [0.15, 0.2) is 51.3 Å². The first-order chi connectivity index (χ1) is 10.9. The molecule has 1 heterocycles. The molecule has 1 unspecified atom stereocenters. The number of methoxy groups -OCH3 is 1. The fourth-order valence-electron chi connectivity index (χ4n) is 2.92. The van der Waals surface area contributed by atoms with Crippen molar-refractivity contribution < 1.29 is 14.3 Å². The number of hydrogen-bond donors (Lipinski definition) is 1. The maximum absolute atomic E-state index is 12.5. The molecule has 0 saturated carbocycles. The smallest absolute Gasteiger partial charge is 0.336 e. The summed E-state index contributed by atoms with van der Waals surface area (Å²) in [5, 5.41) is 3.15. The van der Waals surface area contributed by atoms with Gasteiger partial charge in [0.25, 0.3) is 0 Å². The maximum atomic E-state index is 12.5. The van der Waals surface area contributed by atoms with Crippen molar-refractivity contribution in [3.63, 3.8) is 0 Å². The third kappa shape index (κ3) is 3.39. The van der Waals surface area contributed by atoms with Crippen molar-refractivity contribution >= 4 is 27.7 Å². The molecular weight excluding hydrogens is 358 g/mol. The molecule has 0 aromatic heterocycles. The number of allylic oxidation sites excluding steroid dienone is 3. The van der Waals surface area contributed by atoms with Crippen molar-refractivity contribution in [3.05, 3.63) is 56.8 Å². The van der Waals surface area contributed by atoms with Gasteiger partial charge in [-0.05, 0) is 31.5 Å². The van der Waals surface area contributed by atoms with Gasteiger partial charge in [0.05, 0.1) is 12.7 Å². The van der Waals surface area contributed by atoms with E-state index in [1.807, 2.05) is 45.0 Å². The molecule has 2 rings (SSSR count). The first-order valence-corrected chi connectivity index (χ1v) is 8.25. The van der Waals surface area contributed by atoms with Gasteiger partial charge in [0.15, 0.2) is 5.78 Å². The topological polar surface area (TPSA) is 55.4 Å². The van der Waals surface area contributed by atoms with E-state index in [9.17, 15) is 9.59 Å². The molecule has 0 fully saturated rings. The second kappa shape index (κ2) is 7.13. The lowest BCUT2D eigenvalue weighted by molar-refractivity contribution is -0.136. The van der Waals surface area contributed by atoms with Gasteiger partial charge in [0, 0.05) is 33.8 Å². The Hall–Kier alpha value is -1.88. The molecule has 1 aromatic carbocycles. The molecular formula is C18H20BrNO3. The Bertz CT molecular complexity index is 663. The van der Waals surface area contributed by atoms with E-state index in [1.54, 1.807) is 0 Å². The number of halogens is 1. The van der Waals surface area contributed by atoms with E-state index < -0.39 is 11.9 Å². The van der Waals surface area contributed by atoms with E-state index in [0.717, 1.165) is 21.4 Å². The van der Waals surface area contributed by atoms with Crippen LogP contribution in [0.3, 0.4) is 0 Å². The maximum Gasteiger partial charge on any atom is 0.336 e. The van der Waals surface area contributed by atoms with Gasteiger partial charge in [-0.1, -0.05) is 35.0 Å². The summed E-state index contributed by atoms with van der Waals surface area (Å²) in [5.74, 6) is -0.808. The Morgan fingerprint density at radius 3 is 2.22 bits per heavy atom. The summed E-state index contributed by atoms with van der Waals surface area (Å²) in [6.45, 7) is 5.52. The molecule has 0 bridgehead atoms. The molecule has 0 saturated heterocycles. The van der Waals surface area contributed by atoms with E-state index in [-0.39, 0.29) is 5.78 Å². The lowest BCUT2D eigenvalue weighted by Crippen LogP contribution is -2.31. The highest BCUT2D eigenvalue weighted by atomic mass is 79.9. The predicted octanol–water partition coefficient (Wildman–Crippen LogP) is 3.84. The van der Waals surface area contributed by atoms with Crippen LogP contribution in [0.4, 0.5) is 0 Å².